The van der Waals surface area contributed by atoms with E-state index in [1.165, 1.54) is 19.2 Å². The second-order valence-electron chi connectivity index (χ2n) is 8.86. The molecule has 0 bridgehead atoms. The molecule has 184 valence electrons. The summed E-state index contributed by atoms with van der Waals surface area (Å²) in [5.74, 6) is -0.269. The van der Waals surface area contributed by atoms with E-state index in [0.29, 0.717) is 30.5 Å². The summed E-state index contributed by atoms with van der Waals surface area (Å²) in [4.78, 5) is 26.5. The maximum Gasteiger partial charge on any atom is 0.421 e. The molecule has 8 heteroatoms. The molecule has 1 aliphatic carbocycles. The Morgan fingerprint density at radius 3 is 1.97 bits per heavy atom. The van der Waals surface area contributed by atoms with Crippen molar-refractivity contribution < 1.29 is 32.6 Å². The topological polar surface area (TPSA) is 66.8 Å². The fraction of sp³-hybridized carbons (Fsp3) is 0.462. The summed E-state index contributed by atoms with van der Waals surface area (Å²) in [7, 11) is 1.35. The number of halogens is 3. The van der Waals surface area contributed by atoms with Crippen LogP contribution in [0.4, 0.5) is 13.2 Å². The molecule has 0 unspecified atom stereocenters. The Kier molecular flexibility index (Phi) is 7.70. The molecule has 2 aromatic rings. The van der Waals surface area contributed by atoms with E-state index < -0.39 is 11.8 Å². The van der Waals surface area contributed by atoms with Crippen molar-refractivity contribution in [3.05, 3.63) is 70.8 Å². The van der Waals surface area contributed by atoms with Gasteiger partial charge in [-0.25, -0.2) is 4.79 Å². The highest BCUT2D eigenvalue weighted by molar-refractivity contribution is 5.94. The summed E-state index contributed by atoms with van der Waals surface area (Å²) in [6, 6.07) is 12.4. The predicted molar refractivity (Wildman–Crippen MR) is 122 cm³/mol. The summed E-state index contributed by atoms with van der Waals surface area (Å²) in [6.07, 6.45) is -1.42. The molecule has 2 aromatic carbocycles. The Hall–Kier alpha value is -2.87. The number of benzene rings is 2. The molecule has 3 rings (SSSR count). The van der Waals surface area contributed by atoms with E-state index in [2.05, 4.69) is 0 Å². The zero-order valence-electron chi connectivity index (χ0n) is 19.6. The molecule has 1 aliphatic rings. The number of hydrogen-bond donors (Lipinski definition) is 1. The van der Waals surface area contributed by atoms with Crippen LogP contribution in [0.15, 0.2) is 48.5 Å². The third-order valence-electron chi connectivity index (χ3n) is 6.79. The van der Waals surface area contributed by atoms with Gasteiger partial charge in [0.15, 0.2) is 5.60 Å². The quantitative estimate of drug-likeness (QED) is 0.564. The SMILES string of the molecule is CCN(C(=O)c1ccc([C@](C)(O)C(F)(F)F)cc1)C1CCC(c2ccc(C(=O)OC)cc2)CC1. The van der Waals surface area contributed by atoms with Gasteiger partial charge >= 0.3 is 12.1 Å². The van der Waals surface area contributed by atoms with Crippen molar-refractivity contribution >= 4 is 11.9 Å². The van der Waals surface area contributed by atoms with E-state index in [0.717, 1.165) is 43.4 Å². The largest absolute Gasteiger partial charge is 0.465 e. The number of esters is 1. The van der Waals surface area contributed by atoms with Crippen LogP contribution >= 0.6 is 0 Å². The molecule has 0 spiro atoms. The first kappa shape index (κ1) is 25.7. The predicted octanol–water partition coefficient (Wildman–Crippen LogP) is 5.43. The molecule has 1 fully saturated rings. The maximum absolute atomic E-state index is 13.1. The number of ether oxygens (including phenoxy) is 1. The third kappa shape index (κ3) is 5.27. The highest BCUT2D eigenvalue weighted by Gasteiger charge is 2.51. The minimum atomic E-state index is -4.81. The zero-order valence-corrected chi connectivity index (χ0v) is 19.6. The Morgan fingerprint density at radius 1 is 0.971 bits per heavy atom. The summed E-state index contributed by atoms with van der Waals surface area (Å²) in [5, 5.41) is 9.84. The van der Waals surface area contributed by atoms with Crippen molar-refractivity contribution in [2.24, 2.45) is 0 Å². The lowest BCUT2D eigenvalue weighted by atomic mass is 9.81. The fourth-order valence-corrected chi connectivity index (χ4v) is 4.56. The highest BCUT2D eigenvalue weighted by Crippen LogP contribution is 2.39. The van der Waals surface area contributed by atoms with E-state index in [1.807, 2.05) is 19.1 Å². The second kappa shape index (κ2) is 10.2. The third-order valence-corrected chi connectivity index (χ3v) is 6.79. The van der Waals surface area contributed by atoms with E-state index in [-0.39, 0.29) is 23.5 Å². The van der Waals surface area contributed by atoms with Crippen molar-refractivity contribution in [1.29, 1.82) is 0 Å². The Morgan fingerprint density at radius 2 is 1.50 bits per heavy atom. The number of methoxy groups -OCH3 is 1. The summed E-state index contributed by atoms with van der Waals surface area (Å²) < 4.78 is 44.0. The lowest BCUT2D eigenvalue weighted by molar-refractivity contribution is -0.258. The van der Waals surface area contributed by atoms with E-state index >= 15 is 0 Å². The van der Waals surface area contributed by atoms with Crippen LogP contribution in [0.3, 0.4) is 0 Å². The lowest BCUT2D eigenvalue weighted by Gasteiger charge is -2.37. The van der Waals surface area contributed by atoms with Crippen molar-refractivity contribution in [3.63, 3.8) is 0 Å². The second-order valence-corrected chi connectivity index (χ2v) is 8.86. The number of alkyl halides is 3. The molecule has 0 aromatic heterocycles. The van der Waals surface area contributed by atoms with Crippen LogP contribution in [-0.4, -0.2) is 47.8 Å². The minimum Gasteiger partial charge on any atom is -0.465 e. The molecule has 5 nitrogen and oxygen atoms in total. The summed E-state index contributed by atoms with van der Waals surface area (Å²) >= 11 is 0. The first-order chi connectivity index (χ1) is 16.0. The normalized spacial score (nSPS) is 20.3. The zero-order chi connectivity index (χ0) is 25.1. The van der Waals surface area contributed by atoms with Gasteiger partial charge in [-0.15, -0.1) is 0 Å². The van der Waals surface area contributed by atoms with Gasteiger partial charge in [0.1, 0.15) is 0 Å². The van der Waals surface area contributed by atoms with Gasteiger partial charge < -0.3 is 14.7 Å². The smallest absolute Gasteiger partial charge is 0.421 e. The van der Waals surface area contributed by atoms with Crippen molar-refractivity contribution in [1.82, 2.24) is 4.90 Å². The molecule has 0 saturated heterocycles. The first-order valence-corrected chi connectivity index (χ1v) is 11.4. The monoisotopic (exact) mass is 477 g/mol. The molecular formula is C26H30F3NO4. The molecule has 0 radical (unpaired) electrons. The van der Waals surface area contributed by atoms with Gasteiger partial charge in [0.25, 0.3) is 5.91 Å². The number of aliphatic hydroxyl groups is 1. The standard InChI is InChI=1S/C26H30F3NO4/c1-4-30(23(31)19-9-13-21(14-10-19)25(2,33)26(27,28)29)22-15-11-18(12-16-22)17-5-7-20(8-6-17)24(32)34-3/h5-10,13-14,18,22,33H,4,11-12,15-16H2,1-3H3/t18?,22?,25-/m0/s1. The number of carbonyl (C=O) groups is 2. The number of rotatable bonds is 6. The first-order valence-electron chi connectivity index (χ1n) is 11.4. The molecule has 0 heterocycles. The number of amides is 1. The van der Waals surface area contributed by atoms with Crippen LogP contribution in [0.1, 0.15) is 77.3 Å². The Labute approximate surface area is 197 Å². The van der Waals surface area contributed by atoms with Gasteiger partial charge in [-0.2, -0.15) is 13.2 Å². The number of nitrogens with zero attached hydrogens (tertiary/aromatic N) is 1. The highest BCUT2D eigenvalue weighted by atomic mass is 19.4. The van der Waals surface area contributed by atoms with Crippen LogP contribution in [0.2, 0.25) is 0 Å². The van der Waals surface area contributed by atoms with Crippen LogP contribution in [0.5, 0.6) is 0 Å². The molecule has 34 heavy (non-hydrogen) atoms. The van der Waals surface area contributed by atoms with Crippen molar-refractivity contribution in [2.75, 3.05) is 13.7 Å². The fourth-order valence-electron chi connectivity index (χ4n) is 4.56. The van der Waals surface area contributed by atoms with Crippen molar-refractivity contribution in [2.45, 2.75) is 63.3 Å². The molecule has 0 aliphatic heterocycles. The molecule has 1 N–H and O–H groups in total. The summed E-state index contributed by atoms with van der Waals surface area (Å²) in [5.41, 5.74) is -1.34. The molecule has 1 saturated carbocycles. The van der Waals surface area contributed by atoms with Gasteiger partial charge in [0.2, 0.25) is 0 Å². The van der Waals surface area contributed by atoms with Crippen LogP contribution in [-0.2, 0) is 10.3 Å². The minimum absolute atomic E-state index is 0.0426. The van der Waals surface area contributed by atoms with Crippen LogP contribution in [0.25, 0.3) is 0 Å². The average Bonchev–Trinajstić information content (AvgIpc) is 2.84. The molecular weight excluding hydrogens is 447 g/mol. The van der Waals surface area contributed by atoms with E-state index in [4.69, 9.17) is 4.74 Å². The maximum atomic E-state index is 13.1. The van der Waals surface area contributed by atoms with Gasteiger partial charge in [-0.05, 0) is 80.8 Å². The molecule has 1 amide bonds. The summed E-state index contributed by atoms with van der Waals surface area (Å²) in [6.45, 7) is 3.08. The average molecular weight is 478 g/mol. The van der Waals surface area contributed by atoms with Crippen molar-refractivity contribution in [3.8, 4) is 0 Å². The van der Waals surface area contributed by atoms with Gasteiger partial charge in [0, 0.05) is 18.2 Å². The van der Waals surface area contributed by atoms with E-state index in [9.17, 15) is 27.9 Å². The van der Waals surface area contributed by atoms with Crippen LogP contribution in [0, 0.1) is 0 Å². The van der Waals surface area contributed by atoms with Gasteiger partial charge in [0.05, 0.1) is 12.7 Å². The Bertz CT molecular complexity index is 992. The Balaban J connectivity index is 1.65. The van der Waals surface area contributed by atoms with Gasteiger partial charge in [-0.3, -0.25) is 4.79 Å². The van der Waals surface area contributed by atoms with Crippen LogP contribution < -0.4 is 0 Å². The van der Waals surface area contributed by atoms with E-state index in [1.54, 1.807) is 17.0 Å². The number of carbonyl (C=O) groups excluding carboxylic acids is 2. The lowest BCUT2D eigenvalue weighted by Crippen LogP contribution is -2.42. The molecule has 1 atom stereocenters. The number of hydrogen-bond acceptors (Lipinski definition) is 4. The van der Waals surface area contributed by atoms with Gasteiger partial charge in [-0.1, -0.05) is 24.3 Å².